The Morgan fingerprint density at radius 2 is 1.80 bits per heavy atom. The number of methoxy groups -OCH3 is 1. The van der Waals surface area contributed by atoms with Gasteiger partial charge in [0.15, 0.2) is 23.5 Å². The third-order valence-corrected chi connectivity index (χ3v) is 4.34. The number of ether oxygens (including phenoxy) is 1. The summed E-state index contributed by atoms with van der Waals surface area (Å²) in [6.07, 6.45) is 0.630. The second kappa shape index (κ2) is 10.0. The number of allylic oxidation sites excluding steroid dienone is 1. The Morgan fingerprint density at radius 3 is 2.36 bits per heavy atom. The summed E-state index contributed by atoms with van der Waals surface area (Å²) in [6, 6.07) is 7.36. The monoisotopic (exact) mass is 344 g/mol. The molecule has 0 radical (unpaired) electrons. The molecule has 0 heterocycles. The SMILES string of the molecule is C=C(C)c1ccccc1C(=O)CCC1CCC(=O)C(OC)C1=O.CC. The van der Waals surface area contributed by atoms with Gasteiger partial charge in [0.2, 0.25) is 0 Å². The lowest BCUT2D eigenvalue weighted by Gasteiger charge is -2.25. The molecule has 25 heavy (non-hydrogen) atoms. The fourth-order valence-corrected chi connectivity index (χ4v) is 3.04. The van der Waals surface area contributed by atoms with E-state index in [-0.39, 0.29) is 29.7 Å². The van der Waals surface area contributed by atoms with Crippen LogP contribution in [0.2, 0.25) is 0 Å². The van der Waals surface area contributed by atoms with Crippen molar-refractivity contribution in [3.63, 3.8) is 0 Å². The van der Waals surface area contributed by atoms with Gasteiger partial charge >= 0.3 is 0 Å². The summed E-state index contributed by atoms with van der Waals surface area (Å²) >= 11 is 0. The van der Waals surface area contributed by atoms with Gasteiger partial charge in [0, 0.05) is 31.4 Å². The molecule has 0 aromatic heterocycles. The third kappa shape index (κ3) is 5.20. The number of benzene rings is 1. The van der Waals surface area contributed by atoms with E-state index in [1.165, 1.54) is 7.11 Å². The molecule has 2 rings (SSSR count). The molecule has 0 aliphatic heterocycles. The maximum Gasteiger partial charge on any atom is 0.173 e. The molecule has 1 fully saturated rings. The normalized spacial score (nSPS) is 19.8. The van der Waals surface area contributed by atoms with Crippen molar-refractivity contribution in [2.45, 2.75) is 52.6 Å². The van der Waals surface area contributed by atoms with Crippen LogP contribution < -0.4 is 0 Å². The van der Waals surface area contributed by atoms with E-state index in [2.05, 4.69) is 6.58 Å². The quantitative estimate of drug-likeness (QED) is 0.571. The summed E-state index contributed by atoms with van der Waals surface area (Å²) in [4.78, 5) is 36.3. The Morgan fingerprint density at radius 1 is 1.20 bits per heavy atom. The first-order chi connectivity index (χ1) is 12.0. The summed E-state index contributed by atoms with van der Waals surface area (Å²) in [5.41, 5.74) is 2.33. The Balaban J connectivity index is 0.00000151. The maximum atomic E-state index is 12.5. The first-order valence-electron chi connectivity index (χ1n) is 8.83. The molecule has 1 aromatic carbocycles. The average molecular weight is 344 g/mol. The topological polar surface area (TPSA) is 60.4 Å². The molecule has 0 bridgehead atoms. The minimum Gasteiger partial charge on any atom is -0.366 e. The van der Waals surface area contributed by atoms with Gasteiger partial charge in [0.05, 0.1) is 0 Å². The summed E-state index contributed by atoms with van der Waals surface area (Å²) in [5, 5.41) is 0. The summed E-state index contributed by atoms with van der Waals surface area (Å²) in [5.74, 6) is -0.627. The van der Waals surface area contributed by atoms with Crippen LogP contribution in [0.3, 0.4) is 0 Å². The van der Waals surface area contributed by atoms with E-state index in [1.54, 1.807) is 6.07 Å². The van der Waals surface area contributed by atoms with Crippen molar-refractivity contribution < 1.29 is 19.1 Å². The highest BCUT2D eigenvalue weighted by Gasteiger charge is 2.37. The molecule has 4 nitrogen and oxygen atoms in total. The number of hydrogen-bond donors (Lipinski definition) is 0. The van der Waals surface area contributed by atoms with E-state index < -0.39 is 6.10 Å². The standard InChI is InChI=1S/C19H22O4.C2H6/c1-12(2)14-6-4-5-7-15(14)16(20)10-8-13-9-11-17(21)19(23-3)18(13)22;1-2/h4-7,13,19H,1,8-11H2,2-3H3;1-2H3. The first-order valence-corrected chi connectivity index (χ1v) is 8.83. The molecule has 0 saturated heterocycles. The minimum atomic E-state index is -0.952. The van der Waals surface area contributed by atoms with Gasteiger partial charge in [-0.2, -0.15) is 0 Å². The summed E-state index contributed by atoms with van der Waals surface area (Å²) in [6.45, 7) is 9.77. The average Bonchev–Trinajstić information content (AvgIpc) is 2.63. The molecule has 0 N–H and O–H groups in total. The van der Waals surface area contributed by atoms with Crippen molar-refractivity contribution in [1.82, 2.24) is 0 Å². The fourth-order valence-electron chi connectivity index (χ4n) is 3.04. The molecule has 136 valence electrons. The van der Waals surface area contributed by atoms with E-state index in [0.717, 1.165) is 11.1 Å². The van der Waals surface area contributed by atoms with Gasteiger partial charge in [-0.25, -0.2) is 0 Å². The van der Waals surface area contributed by atoms with Crippen LogP contribution in [-0.4, -0.2) is 30.6 Å². The third-order valence-electron chi connectivity index (χ3n) is 4.34. The molecule has 2 unspecified atom stereocenters. The Labute approximate surface area is 150 Å². The Kier molecular flexibility index (Phi) is 8.42. The van der Waals surface area contributed by atoms with Crippen LogP contribution in [0.1, 0.15) is 62.4 Å². The molecule has 2 atom stereocenters. The van der Waals surface area contributed by atoms with E-state index in [9.17, 15) is 14.4 Å². The van der Waals surface area contributed by atoms with Crippen molar-refractivity contribution in [3.8, 4) is 0 Å². The van der Waals surface area contributed by atoms with Gasteiger partial charge in [-0.3, -0.25) is 14.4 Å². The van der Waals surface area contributed by atoms with Crippen molar-refractivity contribution in [3.05, 3.63) is 42.0 Å². The molecule has 4 heteroatoms. The van der Waals surface area contributed by atoms with Crippen LogP contribution in [0.25, 0.3) is 5.57 Å². The predicted octanol–water partition coefficient (Wildman–Crippen LogP) is 4.27. The highest BCUT2D eigenvalue weighted by Crippen LogP contribution is 2.26. The second-order valence-electron chi connectivity index (χ2n) is 6.01. The number of hydrogen-bond acceptors (Lipinski definition) is 4. The van der Waals surface area contributed by atoms with Crippen LogP contribution in [0.15, 0.2) is 30.8 Å². The molecule has 1 saturated carbocycles. The fraction of sp³-hybridized carbons (Fsp3) is 0.476. The van der Waals surface area contributed by atoms with Gasteiger partial charge < -0.3 is 4.74 Å². The van der Waals surface area contributed by atoms with Crippen molar-refractivity contribution >= 4 is 22.9 Å². The van der Waals surface area contributed by atoms with Crippen LogP contribution in [0.5, 0.6) is 0 Å². The van der Waals surface area contributed by atoms with Gasteiger partial charge in [-0.15, -0.1) is 0 Å². The van der Waals surface area contributed by atoms with Crippen LogP contribution in [-0.2, 0) is 14.3 Å². The maximum absolute atomic E-state index is 12.5. The van der Waals surface area contributed by atoms with E-state index in [0.29, 0.717) is 24.8 Å². The molecule has 1 aromatic rings. The molecule has 1 aliphatic carbocycles. The van der Waals surface area contributed by atoms with Gasteiger partial charge in [0.25, 0.3) is 0 Å². The van der Waals surface area contributed by atoms with E-state index >= 15 is 0 Å². The predicted molar refractivity (Wildman–Crippen MR) is 99.6 cm³/mol. The first kappa shape index (κ1) is 21.0. The molecule has 0 amide bonds. The molecule has 1 aliphatic rings. The second-order valence-corrected chi connectivity index (χ2v) is 6.01. The van der Waals surface area contributed by atoms with Crippen molar-refractivity contribution in [1.29, 1.82) is 0 Å². The molecule has 0 spiro atoms. The van der Waals surface area contributed by atoms with Gasteiger partial charge in [0.1, 0.15) is 0 Å². The van der Waals surface area contributed by atoms with Gasteiger partial charge in [-0.1, -0.05) is 50.3 Å². The molecular weight excluding hydrogens is 316 g/mol. The largest absolute Gasteiger partial charge is 0.366 e. The minimum absolute atomic E-state index is 0.00210. The number of Topliss-reactive ketones (excluding diaryl/α,β-unsaturated/α-hetero) is 3. The highest BCUT2D eigenvalue weighted by atomic mass is 16.5. The number of carbonyl (C=O) groups is 3. The number of ketones is 3. The Bertz CT molecular complexity index is 645. The smallest absolute Gasteiger partial charge is 0.173 e. The van der Waals surface area contributed by atoms with E-state index in [4.69, 9.17) is 4.74 Å². The van der Waals surface area contributed by atoms with Crippen molar-refractivity contribution in [2.75, 3.05) is 7.11 Å². The zero-order chi connectivity index (χ0) is 19.0. The highest BCUT2D eigenvalue weighted by molar-refractivity contribution is 6.08. The van der Waals surface area contributed by atoms with E-state index in [1.807, 2.05) is 39.0 Å². The zero-order valence-corrected chi connectivity index (χ0v) is 15.6. The summed E-state index contributed by atoms with van der Waals surface area (Å²) < 4.78 is 4.99. The van der Waals surface area contributed by atoms with Crippen molar-refractivity contribution in [2.24, 2.45) is 5.92 Å². The number of carbonyl (C=O) groups excluding carboxylic acids is 3. The van der Waals surface area contributed by atoms with Crippen LogP contribution >= 0.6 is 0 Å². The number of rotatable bonds is 6. The lowest BCUT2D eigenvalue weighted by Crippen LogP contribution is -2.41. The lowest BCUT2D eigenvalue weighted by atomic mass is 9.81. The van der Waals surface area contributed by atoms with Gasteiger partial charge in [-0.05, 0) is 25.3 Å². The van der Waals surface area contributed by atoms with Crippen LogP contribution in [0, 0.1) is 5.92 Å². The lowest BCUT2D eigenvalue weighted by molar-refractivity contribution is -0.147. The molecular formula is C21H28O4. The van der Waals surface area contributed by atoms with Crippen LogP contribution in [0.4, 0.5) is 0 Å². The summed E-state index contributed by atoms with van der Waals surface area (Å²) in [7, 11) is 1.37. The Hall–Kier alpha value is -2.07. The zero-order valence-electron chi connectivity index (χ0n) is 15.6.